The first-order valence-corrected chi connectivity index (χ1v) is 7.30. The van der Waals surface area contributed by atoms with Crippen LogP contribution in [0.4, 0.5) is 5.69 Å². The molecule has 0 aliphatic carbocycles. The lowest BCUT2D eigenvalue weighted by Gasteiger charge is -2.35. The molecule has 0 radical (unpaired) electrons. The third kappa shape index (κ3) is 3.94. The topological polar surface area (TPSA) is 29.1 Å². The number of aryl methyl sites for hydroxylation is 2. The summed E-state index contributed by atoms with van der Waals surface area (Å²) in [6, 6.07) is 6.05. The molecule has 0 unspecified atom stereocenters. The third-order valence-electron chi connectivity index (χ3n) is 4.08. The predicted molar refractivity (Wildman–Crippen MR) is 85.8 cm³/mol. The van der Waals surface area contributed by atoms with E-state index in [0.717, 1.165) is 40.9 Å². The quantitative estimate of drug-likeness (QED) is 0.600. The molecule has 20 heavy (non-hydrogen) atoms. The number of nitrogens with zero attached hydrogens (tertiary/aromatic N) is 1. The Bertz CT molecular complexity index is 456. The van der Waals surface area contributed by atoms with Gasteiger partial charge in [0.1, 0.15) is 0 Å². The van der Waals surface area contributed by atoms with Crippen LogP contribution in [-0.4, -0.2) is 36.6 Å². The fourth-order valence-corrected chi connectivity index (χ4v) is 2.54. The molecule has 0 aliphatic heterocycles. The highest BCUT2D eigenvalue weighted by Crippen LogP contribution is 2.19. The van der Waals surface area contributed by atoms with Gasteiger partial charge in [-0.05, 0) is 44.9 Å². The van der Waals surface area contributed by atoms with Crippen LogP contribution in [0.2, 0.25) is 0 Å². The number of carbonyl (C=O) groups excluding carboxylic acids is 1. The molecule has 0 aliphatic rings. The van der Waals surface area contributed by atoms with Crippen LogP contribution in [0.3, 0.4) is 0 Å². The normalized spacial score (nSPS) is 11.2. The molecular formula is C17H27N2O+. The van der Waals surface area contributed by atoms with E-state index in [-0.39, 0.29) is 5.91 Å². The second kappa shape index (κ2) is 7.25. The fourth-order valence-electron chi connectivity index (χ4n) is 2.54. The maximum absolute atomic E-state index is 12.4. The lowest BCUT2D eigenvalue weighted by atomic mass is 10.1. The first-order chi connectivity index (χ1) is 9.48. The maximum Gasteiger partial charge on any atom is 0.279 e. The number of hydrogen-bond acceptors (Lipinski definition) is 1. The summed E-state index contributed by atoms with van der Waals surface area (Å²) in [5, 5.41) is 3.07. The largest absolute Gasteiger partial charge is 0.321 e. The number of nitrogens with one attached hydrogen (secondary N) is 1. The van der Waals surface area contributed by atoms with Gasteiger partial charge in [0.05, 0.1) is 19.6 Å². The molecule has 0 atom stereocenters. The zero-order valence-corrected chi connectivity index (χ0v) is 13.2. The minimum atomic E-state index is 0.0768. The van der Waals surface area contributed by atoms with Crippen LogP contribution in [0.15, 0.2) is 30.9 Å². The average molecular weight is 275 g/mol. The van der Waals surface area contributed by atoms with E-state index in [1.54, 1.807) is 0 Å². The van der Waals surface area contributed by atoms with Gasteiger partial charge in [-0.25, -0.2) is 0 Å². The first kappa shape index (κ1) is 16.4. The summed E-state index contributed by atoms with van der Waals surface area (Å²) < 4.78 is 0.750. The molecule has 1 amide bonds. The summed E-state index contributed by atoms with van der Waals surface area (Å²) in [5.74, 6) is 0.0768. The highest BCUT2D eigenvalue weighted by Gasteiger charge is 2.25. The smallest absolute Gasteiger partial charge is 0.279 e. The van der Waals surface area contributed by atoms with Crippen molar-refractivity contribution in [2.75, 3.05) is 31.5 Å². The summed E-state index contributed by atoms with van der Waals surface area (Å²) in [7, 11) is 0. The molecule has 0 fully saturated rings. The van der Waals surface area contributed by atoms with Gasteiger partial charge in [-0.2, -0.15) is 0 Å². The highest BCUT2D eigenvalue weighted by molar-refractivity contribution is 5.93. The van der Waals surface area contributed by atoms with Crippen molar-refractivity contribution >= 4 is 11.6 Å². The summed E-state index contributed by atoms with van der Waals surface area (Å²) in [6.45, 7) is 15.3. The standard InChI is InChI=1S/C17H26N2O/c1-6-12-19(7-2,8-3)13-16(20)18-17-14(4)10-9-11-15(17)5/h6,9-11H,1,7-8,12-13H2,2-5H3/p+1. The van der Waals surface area contributed by atoms with Crippen molar-refractivity contribution in [1.82, 2.24) is 0 Å². The van der Waals surface area contributed by atoms with Crippen molar-refractivity contribution in [1.29, 1.82) is 0 Å². The molecule has 1 aromatic carbocycles. The second-order valence-electron chi connectivity index (χ2n) is 5.42. The summed E-state index contributed by atoms with van der Waals surface area (Å²) >= 11 is 0. The Balaban J connectivity index is 2.83. The number of para-hydroxylation sites is 1. The molecule has 0 bridgehead atoms. The Morgan fingerprint density at radius 1 is 1.25 bits per heavy atom. The molecule has 3 nitrogen and oxygen atoms in total. The van der Waals surface area contributed by atoms with Gasteiger partial charge in [0, 0.05) is 5.69 Å². The van der Waals surface area contributed by atoms with E-state index in [2.05, 4.69) is 25.7 Å². The summed E-state index contributed by atoms with van der Waals surface area (Å²) in [4.78, 5) is 12.4. The fraction of sp³-hybridized carbons (Fsp3) is 0.471. The highest BCUT2D eigenvalue weighted by atomic mass is 16.2. The van der Waals surface area contributed by atoms with Gasteiger partial charge in [0.25, 0.3) is 5.91 Å². The molecule has 110 valence electrons. The molecule has 1 aromatic rings. The number of rotatable bonds is 7. The van der Waals surface area contributed by atoms with Crippen molar-refractivity contribution in [3.63, 3.8) is 0 Å². The number of quaternary nitrogens is 1. The average Bonchev–Trinajstić information content (AvgIpc) is 2.42. The third-order valence-corrected chi connectivity index (χ3v) is 4.08. The van der Waals surface area contributed by atoms with Crippen LogP contribution in [-0.2, 0) is 4.79 Å². The van der Waals surface area contributed by atoms with Crippen LogP contribution < -0.4 is 5.32 Å². The van der Waals surface area contributed by atoms with Gasteiger partial charge < -0.3 is 9.80 Å². The summed E-state index contributed by atoms with van der Waals surface area (Å²) in [5.41, 5.74) is 3.16. The first-order valence-electron chi connectivity index (χ1n) is 7.30. The molecule has 0 saturated heterocycles. The van der Waals surface area contributed by atoms with E-state index >= 15 is 0 Å². The molecule has 0 aromatic heterocycles. The van der Waals surface area contributed by atoms with Crippen LogP contribution >= 0.6 is 0 Å². The van der Waals surface area contributed by atoms with Gasteiger partial charge >= 0.3 is 0 Å². The van der Waals surface area contributed by atoms with E-state index in [1.807, 2.05) is 38.1 Å². The van der Waals surface area contributed by atoms with Crippen molar-refractivity contribution < 1.29 is 9.28 Å². The molecule has 1 rings (SSSR count). The zero-order chi connectivity index (χ0) is 15.2. The molecule has 1 N–H and O–H groups in total. The van der Waals surface area contributed by atoms with Gasteiger partial charge in [-0.1, -0.05) is 24.8 Å². The Morgan fingerprint density at radius 2 is 1.80 bits per heavy atom. The van der Waals surface area contributed by atoms with Crippen molar-refractivity contribution in [2.45, 2.75) is 27.7 Å². The minimum absolute atomic E-state index is 0.0768. The van der Waals surface area contributed by atoms with E-state index < -0.39 is 0 Å². The number of likely N-dealkylation sites (N-methyl/N-ethyl adjacent to an activating group) is 1. The SMILES string of the molecule is C=CC[N+](CC)(CC)CC(=O)Nc1c(C)cccc1C. The number of benzene rings is 1. The van der Waals surface area contributed by atoms with E-state index in [0.29, 0.717) is 6.54 Å². The van der Waals surface area contributed by atoms with Gasteiger partial charge in [-0.15, -0.1) is 0 Å². The van der Waals surface area contributed by atoms with Crippen molar-refractivity contribution in [3.05, 3.63) is 42.0 Å². The number of amides is 1. The van der Waals surface area contributed by atoms with E-state index in [4.69, 9.17) is 0 Å². The van der Waals surface area contributed by atoms with E-state index in [9.17, 15) is 4.79 Å². The van der Waals surface area contributed by atoms with E-state index in [1.165, 1.54) is 0 Å². The van der Waals surface area contributed by atoms with Crippen molar-refractivity contribution in [2.24, 2.45) is 0 Å². The maximum atomic E-state index is 12.4. The van der Waals surface area contributed by atoms with Crippen LogP contribution in [0, 0.1) is 13.8 Å². The summed E-state index contributed by atoms with van der Waals surface area (Å²) in [6.07, 6.45) is 1.90. The molecule has 3 heteroatoms. The second-order valence-corrected chi connectivity index (χ2v) is 5.42. The van der Waals surface area contributed by atoms with Gasteiger partial charge in [0.2, 0.25) is 0 Å². The Morgan fingerprint density at radius 3 is 2.25 bits per heavy atom. The molecule has 0 spiro atoms. The monoisotopic (exact) mass is 275 g/mol. The number of hydrogen-bond donors (Lipinski definition) is 1. The van der Waals surface area contributed by atoms with Crippen LogP contribution in [0.25, 0.3) is 0 Å². The van der Waals surface area contributed by atoms with Crippen molar-refractivity contribution in [3.8, 4) is 0 Å². The zero-order valence-electron chi connectivity index (χ0n) is 13.2. The lowest BCUT2D eigenvalue weighted by Crippen LogP contribution is -2.52. The Labute approximate surface area is 122 Å². The van der Waals surface area contributed by atoms with Crippen LogP contribution in [0.5, 0.6) is 0 Å². The molecule has 0 saturated carbocycles. The number of carbonyl (C=O) groups is 1. The Kier molecular flexibility index (Phi) is 5.96. The van der Waals surface area contributed by atoms with Gasteiger partial charge in [0.15, 0.2) is 6.54 Å². The lowest BCUT2D eigenvalue weighted by molar-refractivity contribution is -0.911. The van der Waals surface area contributed by atoms with Crippen LogP contribution in [0.1, 0.15) is 25.0 Å². The van der Waals surface area contributed by atoms with Gasteiger partial charge in [-0.3, -0.25) is 4.79 Å². The minimum Gasteiger partial charge on any atom is -0.321 e. The molecular weight excluding hydrogens is 248 g/mol. The Hall–Kier alpha value is -1.61. The molecule has 0 heterocycles. The number of anilines is 1. The predicted octanol–water partition coefficient (Wildman–Crippen LogP) is 3.28.